The van der Waals surface area contributed by atoms with Crippen LogP contribution in [0.4, 0.5) is 0 Å². The SMILES string of the molecule is Cc1nc(C)c(CN[C@H]2CCCc3c2cnn3C(C)(C)C)s1. The van der Waals surface area contributed by atoms with Gasteiger partial charge in [0.15, 0.2) is 0 Å². The van der Waals surface area contributed by atoms with Crippen molar-refractivity contribution in [3.63, 3.8) is 0 Å². The molecule has 0 aliphatic heterocycles. The fourth-order valence-corrected chi connectivity index (χ4v) is 4.19. The first kappa shape index (κ1) is 15.7. The number of aromatic nitrogens is 3. The zero-order valence-electron chi connectivity index (χ0n) is 14.2. The topological polar surface area (TPSA) is 42.7 Å². The average Bonchev–Trinajstić information content (AvgIpc) is 2.99. The van der Waals surface area contributed by atoms with Crippen molar-refractivity contribution in [3.8, 4) is 0 Å². The Labute approximate surface area is 137 Å². The molecule has 0 radical (unpaired) electrons. The van der Waals surface area contributed by atoms with Crippen LogP contribution in [-0.4, -0.2) is 14.8 Å². The number of fused-ring (bicyclic) bond motifs is 1. The smallest absolute Gasteiger partial charge is 0.0900 e. The zero-order chi connectivity index (χ0) is 15.9. The number of thiazole rings is 1. The Bertz CT molecular complexity index is 663. The highest BCUT2D eigenvalue weighted by Gasteiger charge is 2.27. The van der Waals surface area contributed by atoms with Gasteiger partial charge in [-0.25, -0.2) is 4.98 Å². The Morgan fingerprint density at radius 1 is 1.36 bits per heavy atom. The molecule has 1 aliphatic carbocycles. The number of rotatable bonds is 3. The predicted molar refractivity (Wildman–Crippen MR) is 91.3 cm³/mol. The third-order valence-electron chi connectivity index (χ3n) is 4.33. The molecule has 1 N–H and O–H groups in total. The summed E-state index contributed by atoms with van der Waals surface area (Å²) in [4.78, 5) is 5.87. The molecule has 2 aromatic rings. The highest BCUT2D eigenvalue weighted by Crippen LogP contribution is 2.32. The molecule has 0 aromatic carbocycles. The summed E-state index contributed by atoms with van der Waals surface area (Å²) in [5.41, 5.74) is 4.02. The van der Waals surface area contributed by atoms with Gasteiger partial charge in [-0.05, 0) is 53.9 Å². The van der Waals surface area contributed by atoms with Crippen LogP contribution in [-0.2, 0) is 18.5 Å². The van der Waals surface area contributed by atoms with Crippen molar-refractivity contribution in [1.82, 2.24) is 20.1 Å². The summed E-state index contributed by atoms with van der Waals surface area (Å²) in [5, 5.41) is 9.55. The Hall–Kier alpha value is -1.20. The van der Waals surface area contributed by atoms with Crippen LogP contribution in [0.25, 0.3) is 0 Å². The molecule has 4 nitrogen and oxygen atoms in total. The summed E-state index contributed by atoms with van der Waals surface area (Å²) < 4.78 is 2.21. The first-order valence-corrected chi connectivity index (χ1v) is 8.91. The molecule has 3 rings (SSSR count). The average molecular weight is 318 g/mol. The molecular formula is C17H26N4S. The molecule has 0 bridgehead atoms. The lowest BCUT2D eigenvalue weighted by Crippen LogP contribution is -2.29. The van der Waals surface area contributed by atoms with E-state index in [9.17, 15) is 0 Å². The van der Waals surface area contributed by atoms with Crippen molar-refractivity contribution < 1.29 is 0 Å². The number of aryl methyl sites for hydroxylation is 2. The van der Waals surface area contributed by atoms with Gasteiger partial charge in [0.1, 0.15) is 0 Å². The summed E-state index contributed by atoms with van der Waals surface area (Å²) in [6.45, 7) is 11.8. The Kier molecular flexibility index (Phi) is 4.12. The van der Waals surface area contributed by atoms with Crippen molar-refractivity contribution in [3.05, 3.63) is 33.0 Å². The lowest BCUT2D eigenvalue weighted by molar-refractivity contribution is 0.334. The second-order valence-electron chi connectivity index (χ2n) is 7.20. The minimum Gasteiger partial charge on any atom is -0.305 e. The van der Waals surface area contributed by atoms with Crippen LogP contribution in [0.3, 0.4) is 0 Å². The third kappa shape index (κ3) is 2.97. The standard InChI is InChI=1S/C17H26N4S/c1-11-16(22-12(2)20-11)10-18-14-7-6-8-15-13(14)9-19-21(15)17(3,4)5/h9,14,18H,6-8,10H2,1-5H3/t14-/m0/s1. The summed E-state index contributed by atoms with van der Waals surface area (Å²) in [6, 6.07) is 0.418. The lowest BCUT2D eigenvalue weighted by atomic mass is 9.92. The van der Waals surface area contributed by atoms with Crippen LogP contribution in [0, 0.1) is 13.8 Å². The maximum absolute atomic E-state index is 4.66. The molecular weight excluding hydrogens is 292 g/mol. The van der Waals surface area contributed by atoms with Crippen molar-refractivity contribution in [2.45, 2.75) is 72.0 Å². The van der Waals surface area contributed by atoms with E-state index in [-0.39, 0.29) is 5.54 Å². The second kappa shape index (κ2) is 5.78. The van der Waals surface area contributed by atoms with Crippen molar-refractivity contribution in [1.29, 1.82) is 0 Å². The van der Waals surface area contributed by atoms with E-state index in [0.717, 1.165) is 23.7 Å². The van der Waals surface area contributed by atoms with Gasteiger partial charge in [0, 0.05) is 28.7 Å². The van der Waals surface area contributed by atoms with Crippen molar-refractivity contribution in [2.24, 2.45) is 0 Å². The van der Waals surface area contributed by atoms with E-state index in [0.29, 0.717) is 6.04 Å². The van der Waals surface area contributed by atoms with Gasteiger partial charge in [0.05, 0.1) is 22.4 Å². The van der Waals surface area contributed by atoms with Gasteiger partial charge >= 0.3 is 0 Å². The molecule has 0 spiro atoms. The van der Waals surface area contributed by atoms with E-state index in [1.807, 2.05) is 0 Å². The molecule has 0 saturated carbocycles. The first-order chi connectivity index (χ1) is 10.4. The van der Waals surface area contributed by atoms with E-state index in [1.54, 1.807) is 11.3 Å². The first-order valence-electron chi connectivity index (χ1n) is 8.10. The van der Waals surface area contributed by atoms with Crippen LogP contribution in [0.1, 0.15) is 66.5 Å². The van der Waals surface area contributed by atoms with Crippen molar-refractivity contribution in [2.75, 3.05) is 0 Å². The zero-order valence-corrected chi connectivity index (χ0v) is 15.0. The summed E-state index contributed by atoms with van der Waals surface area (Å²) >= 11 is 1.80. The highest BCUT2D eigenvalue weighted by atomic mass is 32.1. The number of hydrogen-bond donors (Lipinski definition) is 1. The Balaban J connectivity index is 1.78. The van der Waals surface area contributed by atoms with Crippen molar-refractivity contribution >= 4 is 11.3 Å². The molecule has 0 saturated heterocycles. The molecule has 2 heterocycles. The number of nitrogens with zero attached hydrogens (tertiary/aromatic N) is 3. The molecule has 0 unspecified atom stereocenters. The van der Waals surface area contributed by atoms with Gasteiger partial charge in [0.25, 0.3) is 0 Å². The van der Waals surface area contributed by atoms with Gasteiger partial charge in [-0.3, -0.25) is 4.68 Å². The van der Waals surface area contributed by atoms with Gasteiger partial charge in [-0.1, -0.05) is 0 Å². The summed E-state index contributed by atoms with van der Waals surface area (Å²) in [6.07, 6.45) is 5.64. The maximum atomic E-state index is 4.66. The van der Waals surface area contributed by atoms with Crippen LogP contribution in [0.15, 0.2) is 6.20 Å². The summed E-state index contributed by atoms with van der Waals surface area (Å²) in [5.74, 6) is 0. The maximum Gasteiger partial charge on any atom is 0.0900 e. The second-order valence-corrected chi connectivity index (χ2v) is 8.48. The number of hydrogen-bond acceptors (Lipinski definition) is 4. The molecule has 1 atom stereocenters. The molecule has 0 fully saturated rings. The van der Waals surface area contributed by atoms with E-state index in [4.69, 9.17) is 0 Å². The minimum absolute atomic E-state index is 0.0564. The summed E-state index contributed by atoms with van der Waals surface area (Å²) in [7, 11) is 0. The Morgan fingerprint density at radius 2 is 2.14 bits per heavy atom. The molecule has 2 aromatic heterocycles. The van der Waals surface area contributed by atoms with E-state index < -0.39 is 0 Å². The highest BCUT2D eigenvalue weighted by molar-refractivity contribution is 7.11. The van der Waals surface area contributed by atoms with E-state index in [2.05, 4.69) is 60.9 Å². The van der Waals surface area contributed by atoms with Gasteiger partial charge in [0.2, 0.25) is 0 Å². The minimum atomic E-state index is 0.0564. The lowest BCUT2D eigenvalue weighted by Gasteiger charge is -2.28. The Morgan fingerprint density at radius 3 is 2.77 bits per heavy atom. The van der Waals surface area contributed by atoms with Gasteiger partial charge < -0.3 is 5.32 Å². The van der Waals surface area contributed by atoms with E-state index in [1.165, 1.54) is 29.0 Å². The van der Waals surface area contributed by atoms with Crippen LogP contribution >= 0.6 is 11.3 Å². The largest absolute Gasteiger partial charge is 0.305 e. The van der Waals surface area contributed by atoms with Gasteiger partial charge in [-0.2, -0.15) is 5.10 Å². The normalized spacial score (nSPS) is 18.5. The predicted octanol–water partition coefficient (Wildman–Crippen LogP) is 3.88. The molecule has 22 heavy (non-hydrogen) atoms. The molecule has 0 amide bonds. The number of nitrogens with one attached hydrogen (secondary N) is 1. The van der Waals surface area contributed by atoms with Crippen LogP contribution in [0.2, 0.25) is 0 Å². The van der Waals surface area contributed by atoms with Gasteiger partial charge in [-0.15, -0.1) is 11.3 Å². The van der Waals surface area contributed by atoms with Crippen LogP contribution in [0.5, 0.6) is 0 Å². The monoisotopic (exact) mass is 318 g/mol. The quantitative estimate of drug-likeness (QED) is 0.934. The van der Waals surface area contributed by atoms with Crippen LogP contribution < -0.4 is 5.32 Å². The molecule has 1 aliphatic rings. The third-order valence-corrected chi connectivity index (χ3v) is 5.40. The molecule has 120 valence electrons. The fraction of sp³-hybridized carbons (Fsp3) is 0.647. The molecule has 5 heteroatoms. The van der Waals surface area contributed by atoms with E-state index >= 15 is 0 Å². The fourth-order valence-electron chi connectivity index (χ4n) is 3.30.